The van der Waals surface area contributed by atoms with Crippen molar-refractivity contribution in [2.75, 3.05) is 7.11 Å². The first-order valence-electron chi connectivity index (χ1n) is 11.7. The van der Waals surface area contributed by atoms with Gasteiger partial charge < -0.3 is 19.5 Å². The average Bonchev–Trinajstić information content (AvgIpc) is 3.48. The molecule has 2 aliphatic rings. The molecule has 4 rings (SSSR count). The molecule has 0 bridgehead atoms. The third-order valence-electron chi connectivity index (χ3n) is 6.06. The molecule has 204 valence electrons. The van der Waals surface area contributed by atoms with Crippen molar-refractivity contribution in [3.8, 4) is 0 Å². The van der Waals surface area contributed by atoms with E-state index >= 15 is 0 Å². The molecular formula is C25H23N3O11. The summed E-state index contributed by atoms with van der Waals surface area (Å²) in [6.07, 6.45) is -2.42. The molecule has 2 amide bonds. The minimum Gasteiger partial charge on any atom is -0.467 e. The van der Waals surface area contributed by atoms with Gasteiger partial charge in [0, 0.05) is 18.6 Å². The number of nitrogens with one attached hydrogen (secondary N) is 1. The Kier molecular flexibility index (Phi) is 7.85. The van der Waals surface area contributed by atoms with Crippen LogP contribution in [0.1, 0.15) is 24.0 Å². The third-order valence-corrected chi connectivity index (χ3v) is 6.06. The number of amides is 2. The van der Waals surface area contributed by atoms with E-state index in [1.54, 1.807) is 30.3 Å². The summed E-state index contributed by atoms with van der Waals surface area (Å²) in [5, 5.41) is 13.7. The zero-order valence-corrected chi connectivity index (χ0v) is 20.6. The van der Waals surface area contributed by atoms with Crippen molar-refractivity contribution < 1.29 is 47.9 Å². The molecule has 2 saturated heterocycles. The molecule has 0 aliphatic carbocycles. The monoisotopic (exact) mass is 541 g/mol. The predicted octanol–water partition coefficient (Wildman–Crippen LogP) is 0.714. The molecule has 2 aromatic rings. The average molecular weight is 541 g/mol. The van der Waals surface area contributed by atoms with E-state index in [-0.39, 0.29) is 31.6 Å². The molecule has 3 atom stereocenters. The lowest BCUT2D eigenvalue weighted by molar-refractivity contribution is -0.384. The normalized spacial score (nSPS) is 22.2. The van der Waals surface area contributed by atoms with Gasteiger partial charge in [0.05, 0.1) is 24.9 Å². The fourth-order valence-corrected chi connectivity index (χ4v) is 4.09. The highest BCUT2D eigenvalue weighted by Crippen LogP contribution is 2.37. The molecule has 0 radical (unpaired) electrons. The topological polar surface area (TPSA) is 181 Å². The Labute approximate surface area is 220 Å². The van der Waals surface area contributed by atoms with Crippen LogP contribution in [-0.4, -0.2) is 64.7 Å². The van der Waals surface area contributed by atoms with Gasteiger partial charge in [-0.05, 0) is 23.3 Å². The van der Waals surface area contributed by atoms with Gasteiger partial charge in [-0.25, -0.2) is 14.4 Å². The van der Waals surface area contributed by atoms with E-state index in [0.29, 0.717) is 16.2 Å². The molecule has 1 unspecified atom stereocenters. The maximum atomic E-state index is 13.4. The summed E-state index contributed by atoms with van der Waals surface area (Å²) in [5.74, 6) is -4.68. The molecule has 39 heavy (non-hydrogen) atoms. The summed E-state index contributed by atoms with van der Waals surface area (Å²) in [6, 6.07) is 12.2. The molecule has 0 aromatic heterocycles. The minimum atomic E-state index is -2.37. The van der Waals surface area contributed by atoms with Crippen LogP contribution >= 0.6 is 0 Å². The second-order valence-corrected chi connectivity index (χ2v) is 8.65. The number of carbonyl (C=O) groups excluding carboxylic acids is 5. The summed E-state index contributed by atoms with van der Waals surface area (Å²) in [7, 11) is 1.05. The van der Waals surface area contributed by atoms with Gasteiger partial charge in [0.15, 0.2) is 6.04 Å². The number of hydrogen-bond acceptors (Lipinski definition) is 11. The lowest BCUT2D eigenvalue weighted by atomic mass is 10.1. The van der Waals surface area contributed by atoms with Crippen LogP contribution in [0.15, 0.2) is 54.6 Å². The van der Waals surface area contributed by atoms with Crippen LogP contribution < -0.4 is 5.32 Å². The summed E-state index contributed by atoms with van der Waals surface area (Å²) >= 11 is 0. The van der Waals surface area contributed by atoms with Crippen molar-refractivity contribution in [3.05, 3.63) is 75.8 Å². The van der Waals surface area contributed by atoms with Crippen molar-refractivity contribution in [1.29, 1.82) is 0 Å². The highest BCUT2D eigenvalue weighted by molar-refractivity contribution is 5.98. The molecule has 0 spiro atoms. The van der Waals surface area contributed by atoms with E-state index in [2.05, 4.69) is 5.32 Å². The van der Waals surface area contributed by atoms with Gasteiger partial charge in [-0.3, -0.25) is 24.5 Å². The Morgan fingerprint density at radius 3 is 2.38 bits per heavy atom. The summed E-state index contributed by atoms with van der Waals surface area (Å²) < 4.78 is 15.2. The van der Waals surface area contributed by atoms with Crippen molar-refractivity contribution in [3.63, 3.8) is 0 Å². The highest BCUT2D eigenvalue weighted by atomic mass is 16.8. The SMILES string of the molecule is COC(=O)[C@@H]1ON(C2(C(=O)OCc3ccc([N+](=O)[O-])cc3)CCC(=O)O2)C(=O)[C@H]1NC(=O)Cc1ccccc1. The largest absolute Gasteiger partial charge is 0.467 e. The highest BCUT2D eigenvalue weighted by Gasteiger charge is 2.63. The molecule has 2 heterocycles. The number of non-ortho nitro benzene ring substituents is 1. The standard InChI is InChI=1S/C25H23N3O11/c1-36-23(32)21-20(26-18(29)13-15-5-3-2-4-6-15)22(31)27(39-21)25(12-11-19(30)38-25)24(33)37-14-16-7-9-17(10-8-16)28(34)35/h2-10,20-21H,11-14H2,1H3,(H,26,29)/t20-,21+,25?/m0/s1. The summed E-state index contributed by atoms with van der Waals surface area (Å²) in [5.41, 5.74) is -1.53. The Bertz CT molecular complexity index is 1300. The molecule has 14 nitrogen and oxygen atoms in total. The predicted molar refractivity (Wildman–Crippen MR) is 127 cm³/mol. The van der Waals surface area contributed by atoms with Crippen LogP contribution in [0.5, 0.6) is 0 Å². The molecule has 2 aromatic carbocycles. The first-order chi connectivity index (χ1) is 18.6. The fourth-order valence-electron chi connectivity index (χ4n) is 4.09. The zero-order chi connectivity index (χ0) is 28.2. The molecular weight excluding hydrogens is 518 g/mol. The number of ether oxygens (including phenoxy) is 3. The molecule has 2 fully saturated rings. The molecule has 0 saturated carbocycles. The smallest absolute Gasteiger partial charge is 0.375 e. The van der Waals surface area contributed by atoms with Crippen LogP contribution in [0.3, 0.4) is 0 Å². The van der Waals surface area contributed by atoms with E-state index in [4.69, 9.17) is 19.0 Å². The van der Waals surface area contributed by atoms with E-state index in [1.807, 2.05) is 0 Å². The van der Waals surface area contributed by atoms with E-state index < -0.39 is 52.5 Å². The van der Waals surface area contributed by atoms with E-state index in [9.17, 15) is 34.1 Å². The van der Waals surface area contributed by atoms with Crippen molar-refractivity contribution >= 4 is 35.4 Å². The van der Waals surface area contributed by atoms with Crippen LogP contribution in [0.25, 0.3) is 0 Å². The van der Waals surface area contributed by atoms with Crippen molar-refractivity contribution in [2.45, 2.75) is 43.7 Å². The van der Waals surface area contributed by atoms with Gasteiger partial charge in [0.25, 0.3) is 11.6 Å². The van der Waals surface area contributed by atoms with E-state index in [1.165, 1.54) is 24.3 Å². The second kappa shape index (κ2) is 11.3. The number of nitro groups is 1. The molecule has 14 heteroatoms. The van der Waals surface area contributed by atoms with Gasteiger partial charge >= 0.3 is 23.6 Å². The van der Waals surface area contributed by atoms with Crippen LogP contribution in [-0.2, 0) is 56.0 Å². The number of methoxy groups -OCH3 is 1. The second-order valence-electron chi connectivity index (χ2n) is 8.65. The third kappa shape index (κ3) is 5.70. The van der Waals surface area contributed by atoms with Crippen LogP contribution in [0.2, 0.25) is 0 Å². The van der Waals surface area contributed by atoms with Gasteiger partial charge in [-0.15, -0.1) is 0 Å². The molecule has 2 aliphatic heterocycles. The van der Waals surface area contributed by atoms with Gasteiger partial charge in [0.2, 0.25) is 12.0 Å². The van der Waals surface area contributed by atoms with Gasteiger partial charge in [-0.2, -0.15) is 5.06 Å². The number of esters is 3. The number of carbonyl (C=O) groups is 5. The maximum Gasteiger partial charge on any atom is 0.375 e. The first kappa shape index (κ1) is 27.2. The number of nitrogens with zero attached hydrogens (tertiary/aromatic N) is 2. The lowest BCUT2D eigenvalue weighted by Crippen LogP contribution is -2.57. The first-order valence-corrected chi connectivity index (χ1v) is 11.7. The Balaban J connectivity index is 1.54. The van der Waals surface area contributed by atoms with Crippen molar-refractivity contribution in [2.24, 2.45) is 0 Å². The fraction of sp³-hybridized carbons (Fsp3) is 0.320. The van der Waals surface area contributed by atoms with Crippen LogP contribution in [0.4, 0.5) is 5.69 Å². The number of hydrogen-bond donors (Lipinski definition) is 1. The van der Waals surface area contributed by atoms with Crippen LogP contribution in [0, 0.1) is 10.1 Å². The molecule has 1 N–H and O–H groups in total. The summed E-state index contributed by atoms with van der Waals surface area (Å²) in [4.78, 5) is 79.6. The minimum absolute atomic E-state index is 0.115. The Morgan fingerprint density at radius 2 is 1.79 bits per heavy atom. The maximum absolute atomic E-state index is 13.4. The number of benzene rings is 2. The van der Waals surface area contributed by atoms with Crippen molar-refractivity contribution in [1.82, 2.24) is 10.4 Å². The quantitative estimate of drug-likeness (QED) is 0.204. The van der Waals surface area contributed by atoms with Gasteiger partial charge in [0.1, 0.15) is 6.61 Å². The van der Waals surface area contributed by atoms with E-state index in [0.717, 1.165) is 7.11 Å². The number of cyclic esters (lactones) is 1. The number of nitro benzene ring substituents is 1. The Morgan fingerprint density at radius 1 is 1.10 bits per heavy atom. The summed E-state index contributed by atoms with van der Waals surface area (Å²) in [6.45, 7) is -0.379. The lowest BCUT2D eigenvalue weighted by Gasteiger charge is -2.32. The van der Waals surface area contributed by atoms with Gasteiger partial charge in [-0.1, -0.05) is 30.3 Å². The Hall–Kier alpha value is -4.85. The number of rotatable bonds is 9. The zero-order valence-electron chi connectivity index (χ0n) is 20.6. The number of hydroxylamine groups is 2.